The van der Waals surface area contributed by atoms with E-state index in [-0.39, 0.29) is 5.56 Å². The monoisotopic (exact) mass is 355 g/mol. The fourth-order valence-electron chi connectivity index (χ4n) is 1.89. The summed E-state index contributed by atoms with van der Waals surface area (Å²) in [7, 11) is 0. The molecule has 7 heteroatoms. The largest absolute Gasteiger partial charge is 0.293 e. The molecule has 0 aromatic carbocycles. The molecule has 0 saturated carbocycles. The van der Waals surface area contributed by atoms with Gasteiger partial charge in [-0.3, -0.25) is 9.36 Å². The summed E-state index contributed by atoms with van der Waals surface area (Å²) in [4.78, 5) is 24.0. The van der Waals surface area contributed by atoms with Gasteiger partial charge in [-0.2, -0.15) is 0 Å². The molecule has 3 rings (SSSR count). The molecule has 0 fully saturated rings. The Kier molecular flexibility index (Phi) is 3.28. The third-order valence-electron chi connectivity index (χ3n) is 2.82. The second kappa shape index (κ2) is 4.81. The lowest BCUT2D eigenvalue weighted by atomic mass is 10.3. The summed E-state index contributed by atoms with van der Waals surface area (Å²) in [5, 5.41) is 0.700. The van der Waals surface area contributed by atoms with Crippen molar-refractivity contribution < 1.29 is 0 Å². The van der Waals surface area contributed by atoms with Crippen molar-refractivity contribution >= 4 is 48.8 Å². The first-order valence-corrected chi connectivity index (χ1v) is 8.04. The number of rotatable bonds is 2. The first-order valence-electron chi connectivity index (χ1n) is 5.62. The Hall–Kier alpha value is -1.05. The van der Waals surface area contributed by atoms with Gasteiger partial charge in [0, 0.05) is 9.75 Å². The summed E-state index contributed by atoms with van der Waals surface area (Å²) >= 11 is 6.46. The van der Waals surface area contributed by atoms with E-state index in [1.54, 1.807) is 33.6 Å². The molecule has 0 radical (unpaired) electrons. The van der Waals surface area contributed by atoms with Crippen LogP contribution in [0.1, 0.15) is 15.4 Å². The number of thiophene rings is 1. The average molecular weight is 356 g/mol. The van der Waals surface area contributed by atoms with Crippen molar-refractivity contribution in [2.75, 3.05) is 0 Å². The molecule has 0 unspecified atom stereocenters. The molecule has 19 heavy (non-hydrogen) atoms. The minimum atomic E-state index is 0.0123. The van der Waals surface area contributed by atoms with Crippen LogP contribution in [0.5, 0.6) is 0 Å². The summed E-state index contributed by atoms with van der Waals surface area (Å²) in [6.45, 7) is 4.45. The van der Waals surface area contributed by atoms with Crippen molar-refractivity contribution in [2.45, 2.75) is 20.4 Å². The molecule has 3 heterocycles. The van der Waals surface area contributed by atoms with E-state index in [1.165, 1.54) is 0 Å². The first kappa shape index (κ1) is 13.0. The molecule has 0 amide bonds. The van der Waals surface area contributed by atoms with Crippen LogP contribution in [0.2, 0.25) is 0 Å². The number of nitrogens with zero attached hydrogens (tertiary/aromatic N) is 3. The SMILES string of the molecule is Cc1cc2c(=O)n(Cc3sc(Br)nc3C)cnc2s1. The number of thiazole rings is 1. The van der Waals surface area contributed by atoms with Gasteiger partial charge in [-0.15, -0.1) is 22.7 Å². The van der Waals surface area contributed by atoms with Crippen LogP contribution in [0.15, 0.2) is 21.1 Å². The standard InChI is InChI=1S/C12H10BrN3OS2/c1-6-3-8-10(18-6)14-5-16(11(8)17)4-9-7(2)15-12(13)19-9/h3,5H,4H2,1-2H3. The number of aromatic nitrogens is 3. The smallest absolute Gasteiger partial charge is 0.262 e. The Morgan fingerprint density at radius 2 is 2.16 bits per heavy atom. The van der Waals surface area contributed by atoms with Crippen molar-refractivity contribution in [3.63, 3.8) is 0 Å². The van der Waals surface area contributed by atoms with Crippen LogP contribution in [0.3, 0.4) is 0 Å². The molecular formula is C12H10BrN3OS2. The molecule has 0 saturated heterocycles. The highest BCUT2D eigenvalue weighted by Crippen LogP contribution is 2.24. The molecule has 0 aliphatic rings. The van der Waals surface area contributed by atoms with Crippen LogP contribution < -0.4 is 5.56 Å². The van der Waals surface area contributed by atoms with Gasteiger partial charge in [0.15, 0.2) is 3.92 Å². The van der Waals surface area contributed by atoms with E-state index < -0.39 is 0 Å². The van der Waals surface area contributed by atoms with Crippen LogP contribution >= 0.6 is 38.6 Å². The molecule has 0 N–H and O–H groups in total. The Bertz CT molecular complexity index is 818. The zero-order valence-electron chi connectivity index (χ0n) is 10.3. The zero-order valence-corrected chi connectivity index (χ0v) is 13.5. The van der Waals surface area contributed by atoms with Crippen molar-refractivity contribution in [2.24, 2.45) is 0 Å². The van der Waals surface area contributed by atoms with Gasteiger partial charge < -0.3 is 0 Å². The van der Waals surface area contributed by atoms with E-state index in [0.717, 1.165) is 24.2 Å². The van der Waals surface area contributed by atoms with Gasteiger partial charge in [0.25, 0.3) is 5.56 Å². The minimum Gasteiger partial charge on any atom is -0.293 e. The van der Waals surface area contributed by atoms with E-state index in [1.807, 2.05) is 19.9 Å². The van der Waals surface area contributed by atoms with Crippen molar-refractivity contribution in [3.8, 4) is 0 Å². The molecule has 0 aliphatic carbocycles. The molecular weight excluding hydrogens is 346 g/mol. The van der Waals surface area contributed by atoms with Crippen molar-refractivity contribution in [3.05, 3.63) is 42.1 Å². The number of halogens is 1. The lowest BCUT2D eigenvalue weighted by molar-refractivity contribution is 0.753. The predicted octanol–water partition coefficient (Wildman–Crippen LogP) is 3.34. The molecule has 4 nitrogen and oxygen atoms in total. The lowest BCUT2D eigenvalue weighted by Gasteiger charge is -2.03. The van der Waals surface area contributed by atoms with Crippen LogP contribution in [-0.4, -0.2) is 14.5 Å². The predicted molar refractivity (Wildman–Crippen MR) is 82.3 cm³/mol. The van der Waals surface area contributed by atoms with Crippen molar-refractivity contribution in [1.82, 2.24) is 14.5 Å². The third kappa shape index (κ3) is 2.37. The normalized spacial score (nSPS) is 11.3. The molecule has 0 spiro atoms. The van der Waals surface area contributed by atoms with Gasteiger partial charge >= 0.3 is 0 Å². The highest BCUT2D eigenvalue weighted by Gasteiger charge is 2.10. The van der Waals surface area contributed by atoms with Gasteiger partial charge in [0.05, 0.1) is 24.0 Å². The second-order valence-electron chi connectivity index (χ2n) is 4.23. The summed E-state index contributed by atoms with van der Waals surface area (Å²) in [6, 6.07) is 1.90. The molecule has 0 bridgehead atoms. The summed E-state index contributed by atoms with van der Waals surface area (Å²) < 4.78 is 2.48. The van der Waals surface area contributed by atoms with E-state index in [2.05, 4.69) is 25.9 Å². The summed E-state index contributed by atoms with van der Waals surface area (Å²) in [5.41, 5.74) is 0.962. The Balaban J connectivity index is 2.08. The highest BCUT2D eigenvalue weighted by molar-refractivity contribution is 9.11. The molecule has 3 aromatic heterocycles. The van der Waals surface area contributed by atoms with Gasteiger partial charge in [0.1, 0.15) is 4.83 Å². The number of aryl methyl sites for hydroxylation is 2. The Morgan fingerprint density at radius 3 is 2.84 bits per heavy atom. The van der Waals surface area contributed by atoms with E-state index in [4.69, 9.17) is 0 Å². The van der Waals surface area contributed by atoms with Crippen LogP contribution in [0.25, 0.3) is 10.2 Å². The number of hydrogen-bond acceptors (Lipinski definition) is 5. The van der Waals surface area contributed by atoms with Crippen LogP contribution in [0.4, 0.5) is 0 Å². The number of fused-ring (bicyclic) bond motifs is 1. The first-order chi connectivity index (χ1) is 9.04. The summed E-state index contributed by atoms with van der Waals surface area (Å²) in [5.74, 6) is 0. The van der Waals surface area contributed by atoms with Gasteiger partial charge in [0.2, 0.25) is 0 Å². The minimum absolute atomic E-state index is 0.0123. The maximum Gasteiger partial charge on any atom is 0.262 e. The zero-order chi connectivity index (χ0) is 13.6. The van der Waals surface area contributed by atoms with Crippen LogP contribution in [-0.2, 0) is 6.54 Å². The second-order valence-corrected chi connectivity index (χ2v) is 7.82. The van der Waals surface area contributed by atoms with E-state index >= 15 is 0 Å². The highest BCUT2D eigenvalue weighted by atomic mass is 79.9. The van der Waals surface area contributed by atoms with E-state index in [9.17, 15) is 4.79 Å². The molecule has 0 aliphatic heterocycles. The Labute approximate surface area is 125 Å². The van der Waals surface area contributed by atoms with Gasteiger partial charge in [-0.25, -0.2) is 9.97 Å². The molecule has 98 valence electrons. The fraction of sp³-hybridized carbons (Fsp3) is 0.250. The van der Waals surface area contributed by atoms with Crippen LogP contribution in [0, 0.1) is 13.8 Å². The fourth-order valence-corrected chi connectivity index (χ4v) is 4.36. The van der Waals surface area contributed by atoms with Crippen molar-refractivity contribution in [1.29, 1.82) is 0 Å². The van der Waals surface area contributed by atoms with Gasteiger partial charge in [-0.1, -0.05) is 0 Å². The molecule has 3 aromatic rings. The third-order valence-corrected chi connectivity index (χ3v) is 5.37. The van der Waals surface area contributed by atoms with E-state index in [0.29, 0.717) is 11.9 Å². The molecule has 0 atom stereocenters. The summed E-state index contributed by atoms with van der Waals surface area (Å²) in [6.07, 6.45) is 1.62. The lowest BCUT2D eigenvalue weighted by Crippen LogP contribution is -2.20. The average Bonchev–Trinajstić information content (AvgIpc) is 2.86. The maximum absolute atomic E-state index is 12.4. The Morgan fingerprint density at radius 1 is 1.37 bits per heavy atom. The topological polar surface area (TPSA) is 47.8 Å². The number of hydrogen-bond donors (Lipinski definition) is 0. The quantitative estimate of drug-likeness (QED) is 0.708. The van der Waals surface area contributed by atoms with Gasteiger partial charge in [-0.05, 0) is 35.8 Å². The maximum atomic E-state index is 12.4.